The van der Waals surface area contributed by atoms with Gasteiger partial charge in [-0.25, -0.2) is 4.79 Å². The van der Waals surface area contributed by atoms with Crippen molar-refractivity contribution < 1.29 is 9.53 Å². The summed E-state index contributed by atoms with van der Waals surface area (Å²) in [5, 5.41) is 3.20. The number of benzene rings is 1. The molecule has 1 saturated carbocycles. The lowest BCUT2D eigenvalue weighted by Gasteiger charge is -2.33. The van der Waals surface area contributed by atoms with E-state index in [2.05, 4.69) is 19.2 Å². The van der Waals surface area contributed by atoms with Crippen molar-refractivity contribution in [2.45, 2.75) is 64.0 Å². The second-order valence-electron chi connectivity index (χ2n) is 7.60. The zero-order valence-corrected chi connectivity index (χ0v) is 14.7. The summed E-state index contributed by atoms with van der Waals surface area (Å²) in [7, 11) is 0. The van der Waals surface area contributed by atoms with E-state index in [0.717, 1.165) is 18.4 Å². The van der Waals surface area contributed by atoms with Crippen molar-refractivity contribution in [3.8, 4) is 0 Å². The highest BCUT2D eigenvalue weighted by Crippen LogP contribution is 2.49. The number of ether oxygens (including phenoxy) is 1. The van der Waals surface area contributed by atoms with Crippen LogP contribution in [0.1, 0.15) is 53.0 Å². The number of carbonyl (C=O) groups is 1. The molecule has 1 aromatic carbocycles. The third kappa shape index (κ3) is 3.55. The van der Waals surface area contributed by atoms with Gasteiger partial charge in [0.1, 0.15) is 5.60 Å². The van der Waals surface area contributed by atoms with E-state index >= 15 is 0 Å². The van der Waals surface area contributed by atoms with Crippen molar-refractivity contribution in [3.05, 3.63) is 28.8 Å². The topological polar surface area (TPSA) is 64.3 Å². The minimum Gasteiger partial charge on any atom is -0.444 e. The van der Waals surface area contributed by atoms with Crippen LogP contribution in [0.25, 0.3) is 0 Å². The molecule has 3 N–H and O–H groups in total. The van der Waals surface area contributed by atoms with E-state index in [-0.39, 0.29) is 11.0 Å². The smallest absolute Gasteiger partial charge is 0.412 e. The molecule has 4 nitrogen and oxygen atoms in total. The fourth-order valence-electron chi connectivity index (χ4n) is 2.47. The van der Waals surface area contributed by atoms with Gasteiger partial charge in [-0.3, -0.25) is 5.32 Å². The summed E-state index contributed by atoms with van der Waals surface area (Å²) in [4.78, 5) is 11.9. The number of hydrogen-bond acceptors (Lipinski definition) is 3. The number of anilines is 1. The van der Waals surface area contributed by atoms with Crippen LogP contribution >= 0.6 is 11.6 Å². The second kappa shape index (κ2) is 5.43. The molecule has 122 valence electrons. The van der Waals surface area contributed by atoms with E-state index in [1.54, 1.807) is 6.07 Å². The lowest BCUT2D eigenvalue weighted by Crippen LogP contribution is -2.43. The van der Waals surface area contributed by atoms with E-state index in [0.29, 0.717) is 10.7 Å². The molecule has 0 aromatic heterocycles. The van der Waals surface area contributed by atoms with E-state index in [9.17, 15) is 4.79 Å². The fraction of sp³-hybridized carbons (Fsp3) is 0.588. The molecule has 0 unspecified atom stereocenters. The highest BCUT2D eigenvalue weighted by atomic mass is 35.5. The molecule has 5 heteroatoms. The third-order valence-electron chi connectivity index (χ3n) is 4.36. The van der Waals surface area contributed by atoms with Crippen molar-refractivity contribution in [2.75, 3.05) is 5.32 Å². The summed E-state index contributed by atoms with van der Waals surface area (Å²) in [5.41, 5.74) is 7.08. The molecule has 0 aliphatic heterocycles. The van der Waals surface area contributed by atoms with Crippen molar-refractivity contribution in [2.24, 2.45) is 5.73 Å². The molecule has 0 atom stereocenters. The Labute approximate surface area is 137 Å². The maximum Gasteiger partial charge on any atom is 0.412 e. The Hall–Kier alpha value is -1.26. The maximum absolute atomic E-state index is 11.9. The van der Waals surface area contributed by atoms with E-state index < -0.39 is 11.7 Å². The maximum atomic E-state index is 11.9. The fourth-order valence-corrected chi connectivity index (χ4v) is 2.64. The van der Waals surface area contributed by atoms with Gasteiger partial charge in [-0.15, -0.1) is 0 Å². The molecule has 1 aromatic rings. The van der Waals surface area contributed by atoms with Crippen molar-refractivity contribution in [1.82, 2.24) is 0 Å². The molecule has 1 aliphatic carbocycles. The van der Waals surface area contributed by atoms with Gasteiger partial charge in [-0.2, -0.15) is 0 Å². The minimum atomic E-state index is -0.553. The Balaban J connectivity index is 2.23. The van der Waals surface area contributed by atoms with Crippen LogP contribution in [0.2, 0.25) is 5.02 Å². The van der Waals surface area contributed by atoms with Crippen molar-refractivity contribution >= 4 is 23.4 Å². The first-order valence-electron chi connectivity index (χ1n) is 7.54. The van der Waals surface area contributed by atoms with Gasteiger partial charge in [0, 0.05) is 11.0 Å². The molecule has 0 radical (unpaired) electrons. The van der Waals surface area contributed by atoms with Crippen molar-refractivity contribution in [3.63, 3.8) is 0 Å². The van der Waals surface area contributed by atoms with Crippen LogP contribution in [0.5, 0.6) is 0 Å². The molecule has 0 heterocycles. The van der Waals surface area contributed by atoms with Gasteiger partial charge < -0.3 is 10.5 Å². The van der Waals surface area contributed by atoms with Crippen LogP contribution in [0.15, 0.2) is 18.2 Å². The van der Waals surface area contributed by atoms with Crippen LogP contribution < -0.4 is 11.1 Å². The lowest BCUT2D eigenvalue weighted by molar-refractivity contribution is 0.0636. The molecule has 0 spiro atoms. The zero-order valence-electron chi connectivity index (χ0n) is 13.9. The van der Waals surface area contributed by atoms with Gasteiger partial charge in [0.2, 0.25) is 0 Å². The van der Waals surface area contributed by atoms with Crippen LogP contribution in [-0.2, 0) is 10.2 Å². The normalized spacial score (nSPS) is 17.0. The van der Waals surface area contributed by atoms with Crippen LogP contribution in [0.3, 0.4) is 0 Å². The highest BCUT2D eigenvalue weighted by molar-refractivity contribution is 6.33. The Morgan fingerprint density at radius 3 is 2.36 bits per heavy atom. The molecular formula is C17H25ClN2O2. The second-order valence-corrected chi connectivity index (χ2v) is 8.01. The monoisotopic (exact) mass is 324 g/mol. The summed E-state index contributed by atoms with van der Waals surface area (Å²) in [6.45, 7) is 9.71. The molecule has 1 amide bonds. The van der Waals surface area contributed by atoms with Gasteiger partial charge in [-0.1, -0.05) is 31.5 Å². The third-order valence-corrected chi connectivity index (χ3v) is 4.69. The van der Waals surface area contributed by atoms with Crippen LogP contribution in [0, 0.1) is 0 Å². The summed E-state index contributed by atoms with van der Waals surface area (Å²) in [6, 6.07) is 5.64. The number of nitrogens with one attached hydrogen (secondary N) is 1. The number of rotatable bonds is 3. The standard InChI is InChI=1S/C17H25ClN2O2/c1-15(2,3)22-14(21)20-13-10-11(6-7-12(13)18)16(4,5)17(19)8-9-17/h6-7,10H,8-9,19H2,1-5H3,(H,20,21). The van der Waals surface area contributed by atoms with Gasteiger partial charge >= 0.3 is 6.09 Å². The highest BCUT2D eigenvalue weighted by Gasteiger charge is 2.51. The van der Waals surface area contributed by atoms with Crippen LogP contribution in [0.4, 0.5) is 10.5 Å². The van der Waals surface area contributed by atoms with Gasteiger partial charge in [-0.05, 0) is 51.3 Å². The number of hydrogen-bond donors (Lipinski definition) is 2. The summed E-state index contributed by atoms with van der Waals surface area (Å²) in [6.07, 6.45) is 1.51. The average Bonchev–Trinajstić information content (AvgIpc) is 3.09. The zero-order chi connectivity index (χ0) is 16.8. The van der Waals surface area contributed by atoms with E-state index in [4.69, 9.17) is 22.1 Å². The predicted molar refractivity (Wildman–Crippen MR) is 90.5 cm³/mol. The summed E-state index contributed by atoms with van der Waals surface area (Å²) >= 11 is 6.19. The van der Waals surface area contributed by atoms with Crippen molar-refractivity contribution in [1.29, 1.82) is 0 Å². The molecule has 0 saturated heterocycles. The first kappa shape index (κ1) is 17.1. The Bertz CT molecular complexity index is 587. The largest absolute Gasteiger partial charge is 0.444 e. The number of amides is 1. The number of halogens is 1. The Morgan fingerprint density at radius 2 is 1.86 bits per heavy atom. The summed E-state index contributed by atoms with van der Waals surface area (Å²) in [5.74, 6) is 0. The van der Waals surface area contributed by atoms with Crippen LogP contribution in [-0.4, -0.2) is 17.2 Å². The molecular weight excluding hydrogens is 300 g/mol. The first-order chi connectivity index (χ1) is 9.95. The van der Waals surface area contributed by atoms with Gasteiger partial charge in [0.15, 0.2) is 0 Å². The first-order valence-corrected chi connectivity index (χ1v) is 7.91. The Kier molecular flexibility index (Phi) is 4.22. The van der Waals surface area contributed by atoms with E-state index in [1.165, 1.54) is 0 Å². The SMILES string of the molecule is CC(C)(C)OC(=O)Nc1cc(C(C)(C)C2(N)CC2)ccc1Cl. The molecule has 2 rings (SSSR count). The van der Waals surface area contributed by atoms with E-state index in [1.807, 2.05) is 32.9 Å². The van der Waals surface area contributed by atoms with Gasteiger partial charge in [0.05, 0.1) is 10.7 Å². The molecule has 1 fully saturated rings. The Morgan fingerprint density at radius 1 is 1.27 bits per heavy atom. The lowest BCUT2D eigenvalue weighted by atomic mass is 9.76. The summed E-state index contributed by atoms with van der Waals surface area (Å²) < 4.78 is 5.27. The quantitative estimate of drug-likeness (QED) is 0.863. The molecule has 22 heavy (non-hydrogen) atoms. The predicted octanol–water partition coefficient (Wildman–Crippen LogP) is 4.46. The molecule has 1 aliphatic rings. The molecule has 0 bridgehead atoms. The number of carbonyl (C=O) groups excluding carboxylic acids is 1. The number of nitrogens with two attached hydrogens (primary N) is 1. The minimum absolute atomic E-state index is 0.177. The van der Waals surface area contributed by atoms with Gasteiger partial charge in [0.25, 0.3) is 0 Å². The average molecular weight is 325 g/mol.